The zero-order valence-corrected chi connectivity index (χ0v) is 8.63. The van der Waals surface area contributed by atoms with Crippen LogP contribution in [0.5, 0.6) is 5.75 Å². The van der Waals surface area contributed by atoms with Gasteiger partial charge >= 0.3 is 0 Å². The van der Waals surface area contributed by atoms with Crippen LogP contribution in [0.1, 0.15) is 0 Å². The number of halogens is 1. The van der Waals surface area contributed by atoms with Crippen molar-refractivity contribution < 1.29 is 5.11 Å². The monoisotopic (exact) mass is 215 g/mol. The van der Waals surface area contributed by atoms with Gasteiger partial charge < -0.3 is 15.3 Å². The van der Waals surface area contributed by atoms with Gasteiger partial charge in [-0.1, -0.05) is 0 Å². The Hall–Kier alpha value is -1.00. The predicted molar refractivity (Wildman–Crippen MR) is 58.2 cm³/mol. The van der Waals surface area contributed by atoms with Gasteiger partial charge in [0.25, 0.3) is 0 Å². The lowest BCUT2D eigenvalue weighted by Gasteiger charge is -2.28. The molecule has 4 nitrogen and oxygen atoms in total. The van der Waals surface area contributed by atoms with Crippen molar-refractivity contribution in [2.45, 2.75) is 0 Å². The topological polar surface area (TPSA) is 48.4 Å². The van der Waals surface area contributed by atoms with Crippen LogP contribution in [0, 0.1) is 0 Å². The Labute approximate surface area is 89.4 Å². The fourth-order valence-electron chi connectivity index (χ4n) is 1.46. The molecule has 14 heavy (non-hydrogen) atoms. The number of nitrogens with one attached hydrogen (secondary N) is 1. The number of hydrogen-bond donors (Lipinski definition) is 2. The molecule has 0 radical (unpaired) electrons. The second kappa shape index (κ2) is 5.02. The van der Waals surface area contributed by atoms with Gasteiger partial charge in [-0.3, -0.25) is 0 Å². The van der Waals surface area contributed by atoms with Crippen molar-refractivity contribution in [2.75, 3.05) is 31.1 Å². The molecule has 0 aromatic carbocycles. The van der Waals surface area contributed by atoms with E-state index >= 15 is 0 Å². The molecule has 0 unspecified atom stereocenters. The number of aromatic hydroxyl groups is 1. The second-order valence-electron chi connectivity index (χ2n) is 3.11. The van der Waals surface area contributed by atoms with Crippen molar-refractivity contribution in [1.82, 2.24) is 10.3 Å². The molecule has 0 amide bonds. The van der Waals surface area contributed by atoms with Crippen molar-refractivity contribution in [3.05, 3.63) is 18.3 Å². The van der Waals surface area contributed by atoms with Gasteiger partial charge in [0, 0.05) is 26.2 Å². The quantitative estimate of drug-likeness (QED) is 0.721. The van der Waals surface area contributed by atoms with Crippen molar-refractivity contribution in [3.63, 3.8) is 0 Å². The first-order chi connectivity index (χ1) is 6.36. The highest BCUT2D eigenvalue weighted by molar-refractivity contribution is 5.85. The lowest BCUT2D eigenvalue weighted by atomic mass is 10.3. The van der Waals surface area contributed by atoms with Crippen molar-refractivity contribution in [3.8, 4) is 5.75 Å². The summed E-state index contributed by atoms with van der Waals surface area (Å²) in [5.41, 5.74) is 0. The third-order valence-electron chi connectivity index (χ3n) is 2.17. The highest BCUT2D eigenvalue weighted by atomic mass is 35.5. The van der Waals surface area contributed by atoms with E-state index in [2.05, 4.69) is 15.2 Å². The standard InChI is InChI=1S/C9H13N3O.ClH/c13-8-1-2-9(11-7-8)12-5-3-10-4-6-12;/h1-2,7,10,13H,3-6H2;1H. The Morgan fingerprint density at radius 3 is 2.57 bits per heavy atom. The molecule has 1 aliphatic rings. The van der Waals surface area contributed by atoms with E-state index in [-0.39, 0.29) is 18.2 Å². The molecule has 0 spiro atoms. The first kappa shape index (κ1) is 11.1. The summed E-state index contributed by atoms with van der Waals surface area (Å²) in [5.74, 6) is 1.16. The SMILES string of the molecule is Cl.Oc1ccc(N2CCNCC2)nc1. The van der Waals surface area contributed by atoms with Crippen molar-refractivity contribution in [1.29, 1.82) is 0 Å². The average Bonchev–Trinajstić information content (AvgIpc) is 2.20. The summed E-state index contributed by atoms with van der Waals surface area (Å²) in [5, 5.41) is 12.3. The number of piperazine rings is 1. The average molecular weight is 216 g/mol. The minimum Gasteiger partial charge on any atom is -0.506 e. The van der Waals surface area contributed by atoms with Crippen LogP contribution in [0.25, 0.3) is 0 Å². The number of pyridine rings is 1. The molecule has 2 rings (SSSR count). The zero-order chi connectivity index (χ0) is 9.10. The van der Waals surface area contributed by atoms with Gasteiger partial charge in [-0.2, -0.15) is 0 Å². The maximum atomic E-state index is 9.06. The van der Waals surface area contributed by atoms with Crippen LogP contribution in [0.2, 0.25) is 0 Å². The number of anilines is 1. The van der Waals surface area contributed by atoms with E-state index in [1.807, 2.05) is 6.07 Å². The van der Waals surface area contributed by atoms with Crippen LogP contribution in [0.15, 0.2) is 18.3 Å². The van der Waals surface area contributed by atoms with E-state index in [0.29, 0.717) is 0 Å². The summed E-state index contributed by atoms with van der Waals surface area (Å²) in [4.78, 5) is 6.35. The van der Waals surface area contributed by atoms with Gasteiger partial charge in [-0.15, -0.1) is 12.4 Å². The Morgan fingerprint density at radius 1 is 1.29 bits per heavy atom. The van der Waals surface area contributed by atoms with Crippen LogP contribution in [-0.4, -0.2) is 36.3 Å². The molecule has 0 bridgehead atoms. The maximum absolute atomic E-state index is 9.06. The fraction of sp³-hybridized carbons (Fsp3) is 0.444. The minimum absolute atomic E-state index is 0. The minimum atomic E-state index is 0. The molecule has 1 fully saturated rings. The molecule has 1 aromatic rings. The second-order valence-corrected chi connectivity index (χ2v) is 3.11. The van der Waals surface area contributed by atoms with Crippen LogP contribution < -0.4 is 10.2 Å². The predicted octanol–water partition coefficient (Wildman–Crippen LogP) is 0.619. The maximum Gasteiger partial charge on any atom is 0.134 e. The van der Waals surface area contributed by atoms with Gasteiger partial charge in [-0.25, -0.2) is 4.98 Å². The summed E-state index contributed by atoms with van der Waals surface area (Å²) in [6, 6.07) is 3.52. The van der Waals surface area contributed by atoms with Crippen LogP contribution in [-0.2, 0) is 0 Å². The number of aromatic nitrogens is 1. The molecule has 0 saturated carbocycles. The molecule has 0 atom stereocenters. The first-order valence-corrected chi connectivity index (χ1v) is 4.47. The summed E-state index contributed by atoms with van der Waals surface area (Å²) in [6.07, 6.45) is 1.48. The van der Waals surface area contributed by atoms with Crippen LogP contribution in [0.3, 0.4) is 0 Å². The lowest BCUT2D eigenvalue weighted by molar-refractivity contribution is 0.472. The normalized spacial score (nSPS) is 16.1. The van der Waals surface area contributed by atoms with Crippen molar-refractivity contribution >= 4 is 18.2 Å². The summed E-state index contributed by atoms with van der Waals surface area (Å²) >= 11 is 0. The van der Waals surface area contributed by atoms with Crippen LogP contribution in [0.4, 0.5) is 5.82 Å². The highest BCUT2D eigenvalue weighted by Crippen LogP contribution is 2.14. The number of rotatable bonds is 1. The molecule has 5 heteroatoms. The smallest absolute Gasteiger partial charge is 0.134 e. The number of nitrogens with zero attached hydrogens (tertiary/aromatic N) is 2. The lowest BCUT2D eigenvalue weighted by Crippen LogP contribution is -2.43. The molecule has 1 aliphatic heterocycles. The highest BCUT2D eigenvalue weighted by Gasteiger charge is 2.10. The third-order valence-corrected chi connectivity index (χ3v) is 2.17. The largest absolute Gasteiger partial charge is 0.506 e. The van der Waals surface area contributed by atoms with Gasteiger partial charge in [-0.05, 0) is 12.1 Å². The van der Waals surface area contributed by atoms with E-state index in [0.717, 1.165) is 32.0 Å². The summed E-state index contributed by atoms with van der Waals surface area (Å²) in [6.45, 7) is 3.97. The Morgan fingerprint density at radius 2 is 2.00 bits per heavy atom. The molecular weight excluding hydrogens is 202 g/mol. The Balaban J connectivity index is 0.000000980. The molecule has 1 saturated heterocycles. The van der Waals surface area contributed by atoms with E-state index < -0.39 is 0 Å². The molecule has 2 heterocycles. The zero-order valence-electron chi connectivity index (χ0n) is 7.81. The Bertz CT molecular complexity index is 272. The van der Waals surface area contributed by atoms with Gasteiger partial charge in [0.05, 0.1) is 6.20 Å². The Kier molecular flexibility index (Phi) is 3.98. The number of hydrogen-bond acceptors (Lipinski definition) is 4. The fourth-order valence-corrected chi connectivity index (χ4v) is 1.46. The first-order valence-electron chi connectivity index (χ1n) is 4.47. The van der Waals surface area contributed by atoms with E-state index in [9.17, 15) is 0 Å². The van der Waals surface area contributed by atoms with Gasteiger partial charge in [0.15, 0.2) is 0 Å². The molecule has 1 aromatic heterocycles. The van der Waals surface area contributed by atoms with E-state index in [1.54, 1.807) is 6.07 Å². The van der Waals surface area contributed by atoms with Gasteiger partial charge in [0.1, 0.15) is 11.6 Å². The van der Waals surface area contributed by atoms with E-state index in [1.165, 1.54) is 6.20 Å². The molecule has 78 valence electrons. The molecule has 2 N–H and O–H groups in total. The third kappa shape index (κ3) is 2.49. The molecule has 0 aliphatic carbocycles. The molecular formula is C9H14ClN3O. The van der Waals surface area contributed by atoms with Crippen LogP contribution >= 0.6 is 12.4 Å². The van der Waals surface area contributed by atoms with E-state index in [4.69, 9.17) is 5.11 Å². The van der Waals surface area contributed by atoms with Crippen molar-refractivity contribution in [2.24, 2.45) is 0 Å². The van der Waals surface area contributed by atoms with Gasteiger partial charge in [0.2, 0.25) is 0 Å². The summed E-state index contributed by atoms with van der Waals surface area (Å²) in [7, 11) is 0. The summed E-state index contributed by atoms with van der Waals surface area (Å²) < 4.78 is 0.